The second kappa shape index (κ2) is 8.30. The normalized spacial score (nSPS) is 11.5. The summed E-state index contributed by atoms with van der Waals surface area (Å²) in [6.07, 6.45) is 5.19. The van der Waals surface area contributed by atoms with E-state index < -0.39 is 5.91 Å². The van der Waals surface area contributed by atoms with Crippen LogP contribution in [0, 0.1) is 13.8 Å². The van der Waals surface area contributed by atoms with Crippen LogP contribution in [-0.4, -0.2) is 39.8 Å². The second-order valence-corrected chi connectivity index (χ2v) is 9.22. The van der Waals surface area contributed by atoms with Gasteiger partial charge in [-0.1, -0.05) is 6.07 Å². The number of aromatic nitrogens is 7. The molecule has 5 heterocycles. The number of imidazole rings is 1. The van der Waals surface area contributed by atoms with E-state index in [2.05, 4.69) is 52.4 Å². The van der Waals surface area contributed by atoms with Crippen molar-refractivity contribution < 1.29 is 4.79 Å². The summed E-state index contributed by atoms with van der Waals surface area (Å²) in [7, 11) is 3.45. The maximum atomic E-state index is 13.1. The number of nitrogens with zero attached hydrogens (tertiary/aromatic N) is 6. The van der Waals surface area contributed by atoms with Crippen LogP contribution in [-0.2, 0) is 14.1 Å². The highest BCUT2D eigenvalue weighted by Crippen LogP contribution is 2.32. The Morgan fingerprint density at radius 2 is 1.84 bits per heavy atom. The number of amides is 1. The Bertz CT molecular complexity index is 1880. The summed E-state index contributed by atoms with van der Waals surface area (Å²) >= 11 is 0. The number of nitrogens with one attached hydrogen (secondary N) is 2. The molecule has 0 aliphatic carbocycles. The number of aryl methyl sites for hydroxylation is 4. The average Bonchev–Trinajstić information content (AvgIpc) is 3.57. The number of anilines is 1. The predicted octanol–water partition coefficient (Wildman–Crippen LogP) is 3.87. The van der Waals surface area contributed by atoms with Crippen molar-refractivity contribution in [1.29, 1.82) is 0 Å². The molecule has 10 nitrogen and oxygen atoms in total. The van der Waals surface area contributed by atoms with E-state index in [1.165, 1.54) is 4.57 Å². The van der Waals surface area contributed by atoms with Crippen LogP contribution in [0.5, 0.6) is 0 Å². The topological polar surface area (TPSA) is 115 Å². The lowest BCUT2D eigenvalue weighted by molar-refractivity contribution is 0.102. The highest BCUT2D eigenvalue weighted by molar-refractivity contribution is 6.07. The lowest BCUT2D eigenvalue weighted by Crippen LogP contribution is -2.17. The fraction of sp³-hybridized carbons (Fsp3) is 0.148. The fourth-order valence-electron chi connectivity index (χ4n) is 4.74. The van der Waals surface area contributed by atoms with Gasteiger partial charge < -0.3 is 14.9 Å². The van der Waals surface area contributed by atoms with Gasteiger partial charge in [0.15, 0.2) is 11.5 Å². The number of hydrogen-bond acceptors (Lipinski definition) is 5. The Labute approximate surface area is 211 Å². The first-order valence-electron chi connectivity index (χ1n) is 11.7. The molecule has 0 fully saturated rings. The molecule has 0 saturated heterocycles. The van der Waals surface area contributed by atoms with Gasteiger partial charge in [0.05, 0.1) is 5.52 Å². The molecule has 6 aromatic rings. The summed E-state index contributed by atoms with van der Waals surface area (Å²) in [6, 6.07) is 13.5. The quantitative estimate of drug-likeness (QED) is 0.388. The van der Waals surface area contributed by atoms with Crippen LogP contribution in [0.15, 0.2) is 65.8 Å². The van der Waals surface area contributed by atoms with Gasteiger partial charge in [0.25, 0.3) is 11.5 Å². The van der Waals surface area contributed by atoms with Crippen molar-refractivity contribution in [2.75, 3.05) is 5.32 Å². The third-order valence-corrected chi connectivity index (χ3v) is 6.30. The number of carbonyl (C=O) groups is 1. The summed E-state index contributed by atoms with van der Waals surface area (Å²) in [5, 5.41) is 7.55. The van der Waals surface area contributed by atoms with Crippen LogP contribution in [0.25, 0.3) is 39.1 Å². The van der Waals surface area contributed by atoms with Gasteiger partial charge >= 0.3 is 0 Å². The SMILES string of the molecule is Cc1cc(C)cc(-n2c(-c3cn(C)c(=O)c4[nH]c(C(=O)Nc5ccn(C)n5)cc34)nc3ncccc32)c1. The molecule has 0 unspecified atom stereocenters. The van der Waals surface area contributed by atoms with Crippen LogP contribution in [0.3, 0.4) is 0 Å². The Morgan fingerprint density at radius 3 is 2.57 bits per heavy atom. The average molecular weight is 493 g/mol. The highest BCUT2D eigenvalue weighted by atomic mass is 16.2. The molecule has 10 heteroatoms. The van der Waals surface area contributed by atoms with E-state index >= 15 is 0 Å². The van der Waals surface area contributed by atoms with Gasteiger partial charge in [-0.05, 0) is 55.3 Å². The molecule has 1 aromatic carbocycles. The monoisotopic (exact) mass is 492 g/mol. The first-order chi connectivity index (χ1) is 17.8. The smallest absolute Gasteiger partial charge is 0.274 e. The van der Waals surface area contributed by atoms with E-state index in [4.69, 9.17) is 4.98 Å². The van der Waals surface area contributed by atoms with E-state index in [1.54, 1.807) is 49.5 Å². The predicted molar refractivity (Wildman–Crippen MR) is 142 cm³/mol. The van der Waals surface area contributed by atoms with Gasteiger partial charge in [-0.2, -0.15) is 5.10 Å². The van der Waals surface area contributed by atoms with Gasteiger partial charge in [-0.15, -0.1) is 0 Å². The van der Waals surface area contributed by atoms with Crippen molar-refractivity contribution in [3.05, 3.63) is 88.2 Å². The zero-order valence-corrected chi connectivity index (χ0v) is 20.8. The number of hydrogen-bond donors (Lipinski definition) is 2. The minimum absolute atomic E-state index is 0.247. The number of carbonyl (C=O) groups excluding carboxylic acids is 1. The van der Waals surface area contributed by atoms with Gasteiger partial charge in [0, 0.05) is 55.4 Å². The zero-order chi connectivity index (χ0) is 25.8. The molecule has 0 atom stereocenters. The molecule has 2 N–H and O–H groups in total. The third-order valence-electron chi connectivity index (χ3n) is 6.30. The van der Waals surface area contributed by atoms with E-state index in [9.17, 15) is 9.59 Å². The summed E-state index contributed by atoms with van der Waals surface area (Å²) in [5.41, 5.74) is 5.62. The molecule has 6 rings (SSSR count). The largest absolute Gasteiger partial charge is 0.346 e. The fourth-order valence-corrected chi connectivity index (χ4v) is 4.74. The molecule has 37 heavy (non-hydrogen) atoms. The van der Waals surface area contributed by atoms with Crippen LogP contribution in [0.1, 0.15) is 21.6 Å². The van der Waals surface area contributed by atoms with Crippen molar-refractivity contribution in [1.82, 2.24) is 33.9 Å². The van der Waals surface area contributed by atoms with Gasteiger partial charge in [0.1, 0.15) is 17.0 Å². The molecular weight excluding hydrogens is 468 g/mol. The van der Waals surface area contributed by atoms with E-state index in [-0.39, 0.29) is 11.3 Å². The van der Waals surface area contributed by atoms with Crippen LogP contribution < -0.4 is 10.9 Å². The first-order valence-corrected chi connectivity index (χ1v) is 11.7. The molecular formula is C27H24N8O2. The zero-order valence-electron chi connectivity index (χ0n) is 20.8. The summed E-state index contributed by atoms with van der Waals surface area (Å²) < 4.78 is 5.13. The lowest BCUT2D eigenvalue weighted by atomic mass is 10.1. The van der Waals surface area contributed by atoms with Gasteiger partial charge in [-0.3, -0.25) is 18.8 Å². The number of aromatic amines is 1. The van der Waals surface area contributed by atoms with Gasteiger partial charge in [0.2, 0.25) is 0 Å². The molecule has 0 aliphatic rings. The van der Waals surface area contributed by atoms with Crippen molar-refractivity contribution in [3.63, 3.8) is 0 Å². The summed E-state index contributed by atoms with van der Waals surface area (Å²) in [6.45, 7) is 4.10. The van der Waals surface area contributed by atoms with Crippen molar-refractivity contribution >= 4 is 33.8 Å². The van der Waals surface area contributed by atoms with E-state index in [0.717, 1.165) is 22.3 Å². The second-order valence-electron chi connectivity index (χ2n) is 9.22. The molecule has 0 bridgehead atoms. The number of rotatable bonds is 4. The molecule has 0 saturated carbocycles. The first kappa shape index (κ1) is 22.5. The van der Waals surface area contributed by atoms with Crippen molar-refractivity contribution in [3.8, 4) is 17.1 Å². The molecule has 0 aliphatic heterocycles. The number of benzene rings is 1. The van der Waals surface area contributed by atoms with E-state index in [0.29, 0.717) is 33.8 Å². The van der Waals surface area contributed by atoms with Crippen molar-refractivity contribution in [2.45, 2.75) is 13.8 Å². The summed E-state index contributed by atoms with van der Waals surface area (Å²) in [5.74, 6) is 0.643. The standard InChI is InChI=1S/C27H24N8O2/c1-15-10-16(2)12-17(11-15)35-21-6-5-8-28-24(21)31-25(35)19-14-33(3)27(37)23-18(19)13-20(29-23)26(36)30-22-7-9-34(4)32-22/h5-14,29H,1-4H3,(H,30,32,36). The maximum absolute atomic E-state index is 13.1. The Balaban J connectivity index is 1.59. The maximum Gasteiger partial charge on any atom is 0.274 e. The molecule has 1 amide bonds. The highest BCUT2D eigenvalue weighted by Gasteiger charge is 2.22. The molecule has 184 valence electrons. The van der Waals surface area contributed by atoms with E-state index in [1.807, 2.05) is 16.7 Å². The molecule has 0 spiro atoms. The number of H-pyrrole nitrogens is 1. The van der Waals surface area contributed by atoms with Crippen molar-refractivity contribution in [2.24, 2.45) is 14.1 Å². The summed E-state index contributed by atoms with van der Waals surface area (Å²) in [4.78, 5) is 38.5. The van der Waals surface area contributed by atoms with Crippen LogP contribution in [0.2, 0.25) is 0 Å². The minimum atomic E-state index is -0.396. The molecule has 5 aromatic heterocycles. The van der Waals surface area contributed by atoms with Crippen LogP contribution in [0.4, 0.5) is 5.82 Å². The minimum Gasteiger partial charge on any atom is -0.346 e. The number of fused-ring (bicyclic) bond motifs is 2. The Morgan fingerprint density at radius 1 is 1.05 bits per heavy atom. The lowest BCUT2D eigenvalue weighted by Gasteiger charge is -2.13. The Hall–Kier alpha value is -4.99. The Kier molecular flexibility index (Phi) is 5.04. The third kappa shape index (κ3) is 3.79. The van der Waals surface area contributed by atoms with Gasteiger partial charge in [-0.25, -0.2) is 9.97 Å². The molecule has 0 radical (unpaired) electrons. The van der Waals surface area contributed by atoms with Crippen LogP contribution >= 0.6 is 0 Å². The number of pyridine rings is 2.